The minimum atomic E-state index is -1.08. The molecular weight excluding hydrogens is 348 g/mol. The van der Waals surface area contributed by atoms with Gasteiger partial charge in [-0.05, 0) is 24.1 Å². The number of carbonyl (C=O) groups excluding carboxylic acids is 2. The molecule has 2 aliphatic heterocycles. The minimum absolute atomic E-state index is 0.0171. The van der Waals surface area contributed by atoms with Crippen LogP contribution in [0.25, 0.3) is 0 Å². The van der Waals surface area contributed by atoms with E-state index in [0.29, 0.717) is 43.9 Å². The Labute approximate surface area is 156 Å². The molecule has 1 atom stereocenters. The van der Waals surface area contributed by atoms with Gasteiger partial charge < -0.3 is 14.9 Å². The van der Waals surface area contributed by atoms with Gasteiger partial charge in [0.05, 0.1) is 18.8 Å². The lowest BCUT2D eigenvalue weighted by atomic mass is 10.1. The summed E-state index contributed by atoms with van der Waals surface area (Å²) in [7, 11) is 0. The monoisotopic (exact) mass is 368 g/mol. The molecule has 8 heteroatoms. The van der Waals surface area contributed by atoms with E-state index in [9.17, 15) is 14.4 Å². The number of hydrogen-bond donors (Lipinski definition) is 1. The molecule has 0 spiro atoms. The Bertz CT molecular complexity index is 936. The number of fused-ring (bicyclic) bond motifs is 2. The van der Waals surface area contributed by atoms with Gasteiger partial charge in [0.1, 0.15) is 6.04 Å². The van der Waals surface area contributed by atoms with Crippen molar-refractivity contribution in [1.82, 2.24) is 19.6 Å². The Morgan fingerprint density at radius 2 is 2.00 bits per heavy atom. The predicted octanol–water partition coefficient (Wildman–Crippen LogP) is 1.36. The zero-order chi connectivity index (χ0) is 19.1. The molecule has 8 nitrogen and oxygen atoms in total. The number of amides is 2. The maximum Gasteiger partial charge on any atom is 0.356 e. The highest BCUT2D eigenvalue weighted by atomic mass is 16.4. The summed E-state index contributed by atoms with van der Waals surface area (Å²) in [6, 6.07) is 8.40. The third-order valence-corrected chi connectivity index (χ3v) is 5.23. The fourth-order valence-corrected chi connectivity index (χ4v) is 3.83. The van der Waals surface area contributed by atoms with Gasteiger partial charge in [0.2, 0.25) is 5.91 Å². The zero-order valence-corrected chi connectivity index (χ0v) is 15.0. The van der Waals surface area contributed by atoms with Gasteiger partial charge in [-0.1, -0.05) is 25.1 Å². The van der Waals surface area contributed by atoms with Crippen LogP contribution >= 0.6 is 0 Å². The maximum absolute atomic E-state index is 13.1. The second-order valence-electron chi connectivity index (χ2n) is 6.82. The standard InChI is InChI=1S/C19H20N4O4/c1-2-16(22-10-12-5-3-4-6-14(12)17(22)24)18(25)21-7-8-23-13(11-21)9-15(20-23)19(26)27/h3-6,9,16H,2,7-8,10-11H2,1H3,(H,26,27)/t16-/m1/s1. The van der Waals surface area contributed by atoms with Crippen LogP contribution in [0, 0.1) is 0 Å². The summed E-state index contributed by atoms with van der Waals surface area (Å²) >= 11 is 0. The summed E-state index contributed by atoms with van der Waals surface area (Å²) < 4.78 is 1.63. The van der Waals surface area contributed by atoms with Crippen molar-refractivity contribution in [2.75, 3.05) is 6.54 Å². The van der Waals surface area contributed by atoms with Crippen molar-refractivity contribution in [2.24, 2.45) is 0 Å². The van der Waals surface area contributed by atoms with Crippen LogP contribution in [-0.4, -0.2) is 55.1 Å². The Kier molecular flexibility index (Phi) is 4.18. The quantitative estimate of drug-likeness (QED) is 0.879. The van der Waals surface area contributed by atoms with Crippen LogP contribution in [0.2, 0.25) is 0 Å². The van der Waals surface area contributed by atoms with Gasteiger partial charge in [-0.15, -0.1) is 0 Å². The molecule has 2 amide bonds. The third-order valence-electron chi connectivity index (χ3n) is 5.23. The van der Waals surface area contributed by atoms with Crippen LogP contribution in [-0.2, 0) is 24.4 Å². The lowest BCUT2D eigenvalue weighted by Crippen LogP contribution is -2.50. The molecule has 140 valence electrons. The van der Waals surface area contributed by atoms with Crippen molar-refractivity contribution in [2.45, 2.75) is 39.0 Å². The first-order valence-corrected chi connectivity index (χ1v) is 8.97. The molecule has 0 aliphatic carbocycles. The van der Waals surface area contributed by atoms with Crippen molar-refractivity contribution < 1.29 is 19.5 Å². The molecule has 0 fully saturated rings. The molecular formula is C19H20N4O4. The van der Waals surface area contributed by atoms with Crippen molar-refractivity contribution in [3.8, 4) is 0 Å². The van der Waals surface area contributed by atoms with E-state index < -0.39 is 12.0 Å². The molecule has 4 rings (SSSR count). The number of aromatic nitrogens is 2. The summed E-state index contributed by atoms with van der Waals surface area (Å²) in [6.45, 7) is 3.52. The van der Waals surface area contributed by atoms with Crippen LogP contribution < -0.4 is 0 Å². The number of benzene rings is 1. The molecule has 0 saturated heterocycles. The smallest absolute Gasteiger partial charge is 0.356 e. The van der Waals surface area contributed by atoms with Gasteiger partial charge in [0, 0.05) is 18.7 Å². The zero-order valence-electron chi connectivity index (χ0n) is 15.0. The SMILES string of the molecule is CC[C@H](C(=O)N1CCn2nc(C(=O)O)cc2C1)N1Cc2ccccc2C1=O. The normalized spacial score (nSPS) is 16.9. The number of nitrogens with zero attached hydrogens (tertiary/aromatic N) is 4. The number of rotatable bonds is 4. The van der Waals surface area contributed by atoms with E-state index >= 15 is 0 Å². The lowest BCUT2D eigenvalue weighted by Gasteiger charge is -2.34. The number of aromatic carboxylic acids is 1. The van der Waals surface area contributed by atoms with Crippen LogP contribution in [0.3, 0.4) is 0 Å². The summed E-state index contributed by atoms with van der Waals surface area (Å²) in [4.78, 5) is 40.3. The van der Waals surface area contributed by atoms with Crippen LogP contribution in [0.1, 0.15) is 45.4 Å². The Hall–Kier alpha value is -3.16. The van der Waals surface area contributed by atoms with Gasteiger partial charge in [-0.25, -0.2) is 4.79 Å². The average molecular weight is 368 g/mol. The first-order chi connectivity index (χ1) is 13.0. The highest BCUT2D eigenvalue weighted by Crippen LogP contribution is 2.27. The van der Waals surface area contributed by atoms with Crippen molar-refractivity contribution in [1.29, 1.82) is 0 Å². The molecule has 1 N–H and O–H groups in total. The fourth-order valence-electron chi connectivity index (χ4n) is 3.83. The van der Waals surface area contributed by atoms with Crippen LogP contribution in [0.4, 0.5) is 0 Å². The molecule has 0 saturated carbocycles. The average Bonchev–Trinajstić information content (AvgIpc) is 3.24. The Morgan fingerprint density at radius 3 is 2.70 bits per heavy atom. The topological polar surface area (TPSA) is 95.7 Å². The molecule has 1 aromatic carbocycles. The van der Waals surface area contributed by atoms with E-state index in [1.807, 2.05) is 25.1 Å². The number of hydrogen-bond acceptors (Lipinski definition) is 4. The van der Waals surface area contributed by atoms with Gasteiger partial charge in [0.25, 0.3) is 5.91 Å². The van der Waals surface area contributed by atoms with Crippen LogP contribution in [0.5, 0.6) is 0 Å². The van der Waals surface area contributed by atoms with E-state index in [4.69, 9.17) is 5.11 Å². The summed E-state index contributed by atoms with van der Waals surface area (Å²) in [5, 5.41) is 13.1. The predicted molar refractivity (Wildman–Crippen MR) is 95.0 cm³/mol. The molecule has 0 unspecified atom stereocenters. The largest absolute Gasteiger partial charge is 0.476 e. The van der Waals surface area contributed by atoms with Crippen molar-refractivity contribution in [3.05, 3.63) is 52.8 Å². The highest BCUT2D eigenvalue weighted by Gasteiger charge is 2.38. The van der Waals surface area contributed by atoms with Gasteiger partial charge in [0.15, 0.2) is 5.69 Å². The number of carboxylic acid groups (broad SMARTS) is 1. The molecule has 0 bridgehead atoms. The first-order valence-electron chi connectivity index (χ1n) is 8.97. The molecule has 3 heterocycles. The van der Waals surface area contributed by atoms with Gasteiger partial charge in [-0.2, -0.15) is 5.10 Å². The van der Waals surface area contributed by atoms with Gasteiger partial charge >= 0.3 is 5.97 Å². The molecule has 2 aromatic rings. The summed E-state index contributed by atoms with van der Waals surface area (Å²) in [5.41, 5.74) is 2.28. The third kappa shape index (κ3) is 2.87. The molecule has 27 heavy (non-hydrogen) atoms. The van der Waals surface area contributed by atoms with E-state index in [2.05, 4.69) is 5.10 Å². The lowest BCUT2D eigenvalue weighted by molar-refractivity contribution is -0.138. The number of carboxylic acids is 1. The summed E-state index contributed by atoms with van der Waals surface area (Å²) in [6.07, 6.45) is 0.523. The van der Waals surface area contributed by atoms with Crippen LogP contribution in [0.15, 0.2) is 30.3 Å². The number of carbonyl (C=O) groups is 3. The Balaban J connectivity index is 1.53. The molecule has 1 aromatic heterocycles. The summed E-state index contributed by atoms with van der Waals surface area (Å²) in [5.74, 6) is -1.30. The fraction of sp³-hybridized carbons (Fsp3) is 0.368. The maximum atomic E-state index is 13.1. The van der Waals surface area contributed by atoms with E-state index in [1.165, 1.54) is 6.07 Å². The first kappa shape index (κ1) is 17.3. The van der Waals surface area contributed by atoms with Gasteiger partial charge in [-0.3, -0.25) is 14.3 Å². The highest BCUT2D eigenvalue weighted by molar-refractivity contribution is 6.01. The van der Waals surface area contributed by atoms with E-state index in [-0.39, 0.29) is 17.5 Å². The molecule has 2 aliphatic rings. The Morgan fingerprint density at radius 1 is 1.22 bits per heavy atom. The van der Waals surface area contributed by atoms with Crippen molar-refractivity contribution in [3.63, 3.8) is 0 Å². The second kappa shape index (κ2) is 6.53. The minimum Gasteiger partial charge on any atom is -0.476 e. The van der Waals surface area contributed by atoms with E-state index in [0.717, 1.165) is 5.56 Å². The second-order valence-corrected chi connectivity index (χ2v) is 6.82. The molecule has 0 radical (unpaired) electrons. The van der Waals surface area contributed by atoms with E-state index in [1.54, 1.807) is 20.5 Å². The van der Waals surface area contributed by atoms with Crippen molar-refractivity contribution >= 4 is 17.8 Å².